The van der Waals surface area contributed by atoms with Crippen LogP contribution < -0.4 is 5.32 Å². The molecule has 4 fully saturated rings. The topological polar surface area (TPSA) is 42.0 Å². The van der Waals surface area contributed by atoms with Gasteiger partial charge in [-0.2, -0.15) is 0 Å². The van der Waals surface area contributed by atoms with Crippen LogP contribution >= 0.6 is 11.6 Å². The van der Waals surface area contributed by atoms with Crippen molar-refractivity contribution in [2.75, 3.05) is 5.32 Å². The van der Waals surface area contributed by atoms with Crippen LogP contribution in [0.15, 0.2) is 12.3 Å². The second-order valence-corrected chi connectivity index (χ2v) is 7.80. The molecule has 5 rings (SSSR count). The normalized spacial score (nSPS) is 36.8. The number of aryl methyl sites for hydroxylation is 1. The van der Waals surface area contributed by atoms with Gasteiger partial charge in [0.2, 0.25) is 5.91 Å². The van der Waals surface area contributed by atoms with Crippen molar-refractivity contribution in [1.29, 1.82) is 0 Å². The predicted octanol–water partition coefficient (Wildman–Crippen LogP) is 4.20. The van der Waals surface area contributed by atoms with Gasteiger partial charge in [0, 0.05) is 6.20 Å². The van der Waals surface area contributed by atoms with E-state index in [1.54, 1.807) is 6.20 Å². The Morgan fingerprint density at radius 2 is 1.81 bits per heavy atom. The first kappa shape index (κ1) is 13.6. The van der Waals surface area contributed by atoms with Crippen LogP contribution in [-0.4, -0.2) is 10.9 Å². The second kappa shape index (κ2) is 4.70. The summed E-state index contributed by atoms with van der Waals surface area (Å²) in [6.07, 6.45) is 8.93. The average molecular weight is 305 g/mol. The van der Waals surface area contributed by atoms with Crippen molar-refractivity contribution in [3.63, 3.8) is 0 Å². The number of anilines is 1. The van der Waals surface area contributed by atoms with Crippen LogP contribution in [0.1, 0.15) is 44.1 Å². The van der Waals surface area contributed by atoms with Crippen LogP contribution in [0, 0.1) is 30.1 Å². The van der Waals surface area contributed by atoms with E-state index >= 15 is 0 Å². The Kier molecular flexibility index (Phi) is 3.04. The molecule has 0 saturated heterocycles. The predicted molar refractivity (Wildman–Crippen MR) is 83.2 cm³/mol. The monoisotopic (exact) mass is 304 g/mol. The molecule has 1 amide bonds. The van der Waals surface area contributed by atoms with E-state index in [1.165, 1.54) is 19.3 Å². The summed E-state index contributed by atoms with van der Waals surface area (Å²) >= 11 is 6.16. The molecule has 0 aromatic carbocycles. The molecule has 1 aromatic rings. The molecule has 21 heavy (non-hydrogen) atoms. The number of carbonyl (C=O) groups is 1. The maximum absolute atomic E-state index is 13.0. The van der Waals surface area contributed by atoms with Crippen LogP contribution in [0.4, 0.5) is 5.69 Å². The summed E-state index contributed by atoms with van der Waals surface area (Å²) in [7, 11) is 0. The lowest BCUT2D eigenvalue weighted by atomic mass is 9.49. The van der Waals surface area contributed by atoms with Gasteiger partial charge in [0.15, 0.2) is 5.15 Å². The number of hydrogen-bond acceptors (Lipinski definition) is 2. The summed E-state index contributed by atoms with van der Waals surface area (Å²) in [5, 5.41) is 3.50. The fourth-order valence-corrected chi connectivity index (χ4v) is 5.56. The molecule has 0 atom stereocenters. The largest absolute Gasteiger partial charge is 0.323 e. The number of hydrogen-bond donors (Lipinski definition) is 1. The highest BCUT2D eigenvalue weighted by Gasteiger charge is 2.54. The molecule has 4 bridgehead atoms. The van der Waals surface area contributed by atoms with Crippen molar-refractivity contribution in [2.24, 2.45) is 23.2 Å². The Bertz CT molecular complexity index is 543. The Balaban J connectivity index is 1.60. The molecule has 3 nitrogen and oxygen atoms in total. The third kappa shape index (κ3) is 2.17. The van der Waals surface area contributed by atoms with Gasteiger partial charge in [-0.15, -0.1) is 0 Å². The van der Waals surface area contributed by atoms with Gasteiger partial charge < -0.3 is 5.32 Å². The smallest absolute Gasteiger partial charge is 0.230 e. The molecular weight excluding hydrogens is 284 g/mol. The molecular formula is C17H21ClN2O. The highest BCUT2D eigenvalue weighted by molar-refractivity contribution is 6.32. The molecule has 0 unspecified atom stereocenters. The van der Waals surface area contributed by atoms with Crippen molar-refractivity contribution in [3.05, 3.63) is 23.0 Å². The van der Waals surface area contributed by atoms with Gasteiger partial charge in [0.1, 0.15) is 0 Å². The zero-order valence-electron chi connectivity index (χ0n) is 12.4. The van der Waals surface area contributed by atoms with Crippen LogP contribution in [0.5, 0.6) is 0 Å². The van der Waals surface area contributed by atoms with E-state index in [4.69, 9.17) is 11.6 Å². The summed E-state index contributed by atoms with van der Waals surface area (Å²) < 4.78 is 0. The fourth-order valence-electron chi connectivity index (χ4n) is 5.31. The number of carbonyl (C=O) groups excluding carboxylic acids is 1. The number of nitrogens with zero attached hydrogens (tertiary/aromatic N) is 1. The van der Waals surface area contributed by atoms with Crippen molar-refractivity contribution >= 4 is 23.2 Å². The minimum absolute atomic E-state index is 0.139. The van der Waals surface area contributed by atoms with Crippen molar-refractivity contribution in [3.8, 4) is 0 Å². The minimum atomic E-state index is -0.139. The summed E-state index contributed by atoms with van der Waals surface area (Å²) in [6, 6.07) is 1.89. The zero-order chi connectivity index (χ0) is 14.6. The summed E-state index contributed by atoms with van der Waals surface area (Å²) in [6.45, 7) is 1.96. The Morgan fingerprint density at radius 1 is 1.24 bits per heavy atom. The summed E-state index contributed by atoms with van der Waals surface area (Å²) in [4.78, 5) is 17.1. The lowest BCUT2D eigenvalue weighted by Gasteiger charge is -2.55. The van der Waals surface area contributed by atoms with E-state index in [9.17, 15) is 4.79 Å². The van der Waals surface area contributed by atoms with Gasteiger partial charge >= 0.3 is 0 Å². The molecule has 0 radical (unpaired) electrons. The van der Waals surface area contributed by atoms with Crippen LogP contribution in [0.25, 0.3) is 0 Å². The maximum Gasteiger partial charge on any atom is 0.230 e. The van der Waals surface area contributed by atoms with E-state index in [-0.39, 0.29) is 11.3 Å². The SMILES string of the molecule is Cc1ccnc(Cl)c1NC(=O)C12CC3CC(CC(C3)C1)C2. The Labute approximate surface area is 130 Å². The third-order valence-corrected chi connectivity index (χ3v) is 6.16. The Hall–Kier alpha value is -1.09. The second-order valence-electron chi connectivity index (χ2n) is 7.45. The first-order valence-electron chi connectivity index (χ1n) is 7.98. The zero-order valence-corrected chi connectivity index (χ0v) is 13.1. The van der Waals surface area contributed by atoms with Gasteiger partial charge in [0.05, 0.1) is 11.1 Å². The van der Waals surface area contributed by atoms with Gasteiger partial charge in [-0.3, -0.25) is 4.79 Å². The summed E-state index contributed by atoms with van der Waals surface area (Å²) in [5.74, 6) is 2.49. The number of rotatable bonds is 2. The molecule has 4 heteroatoms. The first-order valence-corrected chi connectivity index (χ1v) is 8.36. The number of amides is 1. The Morgan fingerprint density at radius 3 is 2.33 bits per heavy atom. The van der Waals surface area contributed by atoms with Crippen molar-refractivity contribution in [1.82, 2.24) is 4.98 Å². The van der Waals surface area contributed by atoms with Crippen LogP contribution in [0.2, 0.25) is 5.15 Å². The molecule has 4 aliphatic rings. The molecule has 1 N–H and O–H groups in total. The molecule has 4 saturated carbocycles. The van der Waals surface area contributed by atoms with Crippen molar-refractivity contribution in [2.45, 2.75) is 45.4 Å². The number of pyridine rings is 1. The van der Waals surface area contributed by atoms with E-state index in [1.807, 2.05) is 13.0 Å². The number of nitrogens with one attached hydrogen (secondary N) is 1. The quantitative estimate of drug-likeness (QED) is 0.832. The molecule has 1 heterocycles. The van der Waals surface area contributed by atoms with E-state index in [2.05, 4.69) is 10.3 Å². The van der Waals surface area contributed by atoms with E-state index < -0.39 is 0 Å². The highest BCUT2D eigenvalue weighted by Crippen LogP contribution is 2.60. The van der Waals surface area contributed by atoms with Crippen LogP contribution in [0.3, 0.4) is 0 Å². The standard InChI is InChI=1S/C17H21ClN2O/c1-10-2-3-19-15(18)14(10)20-16(21)17-7-11-4-12(8-17)6-13(5-11)9-17/h2-3,11-13H,4-9H2,1H3,(H,20,21). The van der Waals surface area contributed by atoms with Crippen LogP contribution in [-0.2, 0) is 4.79 Å². The van der Waals surface area contributed by atoms with Gasteiger partial charge in [-0.05, 0) is 74.8 Å². The fraction of sp³-hybridized carbons (Fsp3) is 0.647. The lowest BCUT2D eigenvalue weighted by molar-refractivity contribution is -0.140. The maximum atomic E-state index is 13.0. The molecule has 0 aliphatic heterocycles. The number of halogens is 1. The minimum Gasteiger partial charge on any atom is -0.323 e. The lowest BCUT2D eigenvalue weighted by Crippen LogP contribution is -2.51. The highest BCUT2D eigenvalue weighted by atomic mass is 35.5. The molecule has 0 spiro atoms. The van der Waals surface area contributed by atoms with Gasteiger partial charge in [-0.25, -0.2) is 4.98 Å². The van der Waals surface area contributed by atoms with Gasteiger partial charge in [-0.1, -0.05) is 11.6 Å². The molecule has 112 valence electrons. The van der Waals surface area contributed by atoms with E-state index in [0.29, 0.717) is 10.8 Å². The molecule has 4 aliphatic carbocycles. The van der Waals surface area contributed by atoms with Crippen molar-refractivity contribution < 1.29 is 4.79 Å². The van der Waals surface area contributed by atoms with Gasteiger partial charge in [0.25, 0.3) is 0 Å². The van der Waals surface area contributed by atoms with E-state index in [0.717, 1.165) is 42.6 Å². The average Bonchev–Trinajstić information content (AvgIpc) is 2.41. The summed E-state index contributed by atoms with van der Waals surface area (Å²) in [5.41, 5.74) is 1.54. The number of aromatic nitrogens is 1. The molecule has 1 aromatic heterocycles. The first-order chi connectivity index (χ1) is 10.1. The third-order valence-electron chi connectivity index (χ3n) is 5.87.